The Balaban J connectivity index is 0.00000128. The van der Waals surface area contributed by atoms with Crippen molar-refractivity contribution in [2.45, 2.75) is 6.04 Å². The minimum Gasteiger partial charge on any atom is -0.378 e. The van der Waals surface area contributed by atoms with Crippen LogP contribution in [0.4, 0.5) is 11.4 Å². The zero-order valence-electron chi connectivity index (χ0n) is 10.0. The molecule has 1 aliphatic rings. The molecule has 1 unspecified atom stereocenters. The Bertz CT molecular complexity index is 423. The van der Waals surface area contributed by atoms with Gasteiger partial charge in [-0.25, -0.2) is 0 Å². The minimum atomic E-state index is -0.499. The number of rotatable bonds is 1. The molecule has 0 radical (unpaired) electrons. The van der Waals surface area contributed by atoms with Crippen molar-refractivity contribution in [1.82, 2.24) is 0 Å². The highest BCUT2D eigenvalue weighted by Crippen LogP contribution is 2.35. The smallest absolute Gasteiger partial charge is 0.248 e. The lowest BCUT2D eigenvalue weighted by atomic mass is 10.1. The molecule has 2 N–H and O–H groups in total. The topological polar surface area (TPSA) is 49.6 Å². The fourth-order valence-corrected chi connectivity index (χ4v) is 1.82. The molecule has 4 nitrogen and oxygen atoms in total. The average molecular weight is 278 g/mol. The van der Waals surface area contributed by atoms with E-state index in [1.165, 1.54) is 0 Å². The van der Waals surface area contributed by atoms with E-state index in [1.54, 1.807) is 11.9 Å². The van der Waals surface area contributed by atoms with E-state index in [0.29, 0.717) is 0 Å². The first-order valence-corrected chi connectivity index (χ1v) is 4.87. The first kappa shape index (κ1) is 16.0. The van der Waals surface area contributed by atoms with Gasteiger partial charge in [-0.05, 0) is 12.1 Å². The van der Waals surface area contributed by atoms with Crippen LogP contribution in [0, 0.1) is 0 Å². The second-order valence-corrected chi connectivity index (χ2v) is 4.01. The molecule has 0 aromatic heterocycles. The van der Waals surface area contributed by atoms with Gasteiger partial charge in [0.2, 0.25) is 5.91 Å². The lowest BCUT2D eigenvalue weighted by molar-refractivity contribution is -0.118. The van der Waals surface area contributed by atoms with Crippen molar-refractivity contribution in [3.63, 3.8) is 0 Å². The zero-order valence-corrected chi connectivity index (χ0v) is 11.6. The van der Waals surface area contributed by atoms with E-state index < -0.39 is 6.04 Å². The number of fused-ring (bicyclic) bond motifs is 1. The van der Waals surface area contributed by atoms with Gasteiger partial charge < -0.3 is 15.5 Å². The molecule has 0 aliphatic carbocycles. The van der Waals surface area contributed by atoms with Crippen LogP contribution in [0.3, 0.4) is 0 Å². The summed E-state index contributed by atoms with van der Waals surface area (Å²) in [5.41, 5.74) is 8.70. The molecule has 1 aliphatic heterocycles. The van der Waals surface area contributed by atoms with Crippen molar-refractivity contribution in [3.8, 4) is 0 Å². The van der Waals surface area contributed by atoms with Crippen molar-refractivity contribution in [2.24, 2.45) is 5.73 Å². The lowest BCUT2D eigenvalue weighted by Crippen LogP contribution is -2.27. The molecule has 1 atom stereocenters. The van der Waals surface area contributed by atoms with Gasteiger partial charge in [0, 0.05) is 32.4 Å². The number of halogens is 2. The van der Waals surface area contributed by atoms with E-state index in [4.69, 9.17) is 5.73 Å². The fraction of sp³-hybridized carbons (Fsp3) is 0.364. The van der Waals surface area contributed by atoms with Gasteiger partial charge >= 0.3 is 0 Å². The highest BCUT2D eigenvalue weighted by Gasteiger charge is 2.32. The maximum atomic E-state index is 11.6. The first-order chi connectivity index (χ1) is 7.02. The van der Waals surface area contributed by atoms with E-state index in [9.17, 15) is 4.79 Å². The number of likely N-dealkylation sites (N-methyl/N-ethyl adjacent to an activating group) is 1. The molecule has 1 aromatic rings. The summed E-state index contributed by atoms with van der Waals surface area (Å²) in [7, 11) is 5.70. The Kier molecular flexibility index (Phi) is 5.26. The van der Waals surface area contributed by atoms with Crippen LogP contribution in [0.5, 0.6) is 0 Å². The van der Waals surface area contributed by atoms with Crippen LogP contribution in [0.2, 0.25) is 0 Å². The maximum Gasteiger partial charge on any atom is 0.248 e. The predicted molar refractivity (Wildman–Crippen MR) is 75.6 cm³/mol. The van der Waals surface area contributed by atoms with Gasteiger partial charge in [0.05, 0.1) is 5.69 Å². The summed E-state index contributed by atoms with van der Waals surface area (Å²) in [5.74, 6) is -0.0408. The molecule has 1 amide bonds. The van der Waals surface area contributed by atoms with E-state index in [-0.39, 0.29) is 30.7 Å². The van der Waals surface area contributed by atoms with Crippen LogP contribution in [-0.2, 0) is 4.79 Å². The average Bonchev–Trinajstić information content (AvgIpc) is 2.44. The van der Waals surface area contributed by atoms with E-state index >= 15 is 0 Å². The molecule has 0 spiro atoms. The van der Waals surface area contributed by atoms with E-state index in [2.05, 4.69) is 0 Å². The number of nitrogens with zero attached hydrogens (tertiary/aromatic N) is 2. The minimum absolute atomic E-state index is 0. The molecular weight excluding hydrogens is 261 g/mol. The van der Waals surface area contributed by atoms with Crippen LogP contribution in [0.15, 0.2) is 18.2 Å². The van der Waals surface area contributed by atoms with Gasteiger partial charge in [0.15, 0.2) is 0 Å². The lowest BCUT2D eigenvalue weighted by Gasteiger charge is -2.16. The van der Waals surface area contributed by atoms with Crippen molar-refractivity contribution < 1.29 is 4.79 Å². The van der Waals surface area contributed by atoms with E-state index in [0.717, 1.165) is 16.9 Å². The van der Waals surface area contributed by atoms with Crippen molar-refractivity contribution in [1.29, 1.82) is 0 Å². The van der Waals surface area contributed by atoms with Gasteiger partial charge in [-0.1, -0.05) is 6.07 Å². The highest BCUT2D eigenvalue weighted by molar-refractivity contribution is 6.04. The van der Waals surface area contributed by atoms with Crippen molar-refractivity contribution >= 4 is 42.1 Å². The number of amides is 1. The highest BCUT2D eigenvalue weighted by atomic mass is 35.5. The number of anilines is 2. The van der Waals surface area contributed by atoms with Crippen LogP contribution >= 0.6 is 24.8 Å². The van der Waals surface area contributed by atoms with E-state index in [1.807, 2.05) is 37.2 Å². The fourth-order valence-electron chi connectivity index (χ4n) is 1.82. The van der Waals surface area contributed by atoms with Gasteiger partial charge in [-0.2, -0.15) is 0 Å². The van der Waals surface area contributed by atoms with Crippen LogP contribution in [-0.4, -0.2) is 27.1 Å². The molecular formula is C11H17Cl2N3O. The standard InChI is InChI=1S/C11H15N3O.2ClH/c1-13(2)7-4-5-8-9(6-7)14(3)11(15)10(8)12;;/h4-6,10H,12H2,1-3H3;2*1H. The molecule has 0 saturated heterocycles. The maximum absolute atomic E-state index is 11.6. The van der Waals surface area contributed by atoms with Crippen molar-refractivity contribution in [2.75, 3.05) is 30.9 Å². The summed E-state index contributed by atoms with van der Waals surface area (Å²) >= 11 is 0. The van der Waals surface area contributed by atoms with Gasteiger partial charge in [0.1, 0.15) is 6.04 Å². The van der Waals surface area contributed by atoms with Gasteiger partial charge in [-0.3, -0.25) is 4.79 Å². The Labute approximate surface area is 114 Å². The molecule has 0 bridgehead atoms. The molecule has 1 aromatic carbocycles. The molecule has 6 heteroatoms. The summed E-state index contributed by atoms with van der Waals surface area (Å²) in [4.78, 5) is 15.3. The Hall–Kier alpha value is -0.970. The quantitative estimate of drug-likeness (QED) is 0.848. The summed E-state index contributed by atoms with van der Waals surface area (Å²) in [5, 5.41) is 0. The summed E-state index contributed by atoms with van der Waals surface area (Å²) in [6.07, 6.45) is 0. The summed E-state index contributed by atoms with van der Waals surface area (Å²) in [6.45, 7) is 0. The summed E-state index contributed by atoms with van der Waals surface area (Å²) in [6, 6.07) is 5.39. The number of benzene rings is 1. The number of hydrogen-bond acceptors (Lipinski definition) is 3. The van der Waals surface area contributed by atoms with Gasteiger partial charge in [-0.15, -0.1) is 24.8 Å². The Morgan fingerprint density at radius 2 is 1.88 bits per heavy atom. The monoisotopic (exact) mass is 277 g/mol. The Morgan fingerprint density at radius 1 is 1.29 bits per heavy atom. The zero-order chi connectivity index (χ0) is 11.2. The molecule has 2 rings (SSSR count). The third kappa shape index (κ3) is 2.49. The van der Waals surface area contributed by atoms with Crippen LogP contribution in [0.1, 0.15) is 11.6 Å². The predicted octanol–water partition coefficient (Wildman–Crippen LogP) is 1.57. The normalized spacial score (nSPS) is 17.1. The second-order valence-electron chi connectivity index (χ2n) is 4.01. The SMILES string of the molecule is CN(C)c1ccc2c(c1)N(C)C(=O)C2N.Cl.Cl. The summed E-state index contributed by atoms with van der Waals surface area (Å²) < 4.78 is 0. The Morgan fingerprint density at radius 3 is 2.41 bits per heavy atom. The third-order valence-corrected chi connectivity index (χ3v) is 2.82. The van der Waals surface area contributed by atoms with Gasteiger partial charge in [0.25, 0.3) is 0 Å². The number of carbonyl (C=O) groups is 1. The van der Waals surface area contributed by atoms with Crippen LogP contribution < -0.4 is 15.5 Å². The number of carbonyl (C=O) groups excluding carboxylic acids is 1. The number of nitrogens with two attached hydrogens (primary N) is 1. The van der Waals surface area contributed by atoms with Crippen LogP contribution in [0.25, 0.3) is 0 Å². The molecule has 96 valence electrons. The largest absolute Gasteiger partial charge is 0.378 e. The molecule has 0 fully saturated rings. The number of hydrogen-bond donors (Lipinski definition) is 1. The second kappa shape index (κ2) is 5.58. The third-order valence-electron chi connectivity index (χ3n) is 2.82. The first-order valence-electron chi connectivity index (χ1n) is 4.87. The van der Waals surface area contributed by atoms with Crippen molar-refractivity contribution in [3.05, 3.63) is 23.8 Å². The molecule has 0 saturated carbocycles. The molecule has 1 heterocycles. The molecule has 17 heavy (non-hydrogen) atoms.